The number of aromatic amines is 1. The van der Waals surface area contributed by atoms with Gasteiger partial charge in [0.15, 0.2) is 0 Å². The van der Waals surface area contributed by atoms with Crippen LogP contribution in [-0.2, 0) is 4.74 Å². The molecule has 1 fully saturated rings. The standard InChI is InChI=1S/C14H21NO2/c1-3-17-14(16)13-12(7-8-15-13)11-6-4-5-10(2)9-11/h7-8,10-11,15H,3-6,9H2,1-2H3. The van der Waals surface area contributed by atoms with Crippen LogP contribution < -0.4 is 0 Å². The van der Waals surface area contributed by atoms with Crippen LogP contribution in [0, 0.1) is 5.92 Å². The minimum Gasteiger partial charge on any atom is -0.461 e. The second-order valence-corrected chi connectivity index (χ2v) is 5.00. The van der Waals surface area contributed by atoms with E-state index in [1.54, 1.807) is 0 Å². The first-order valence-electron chi connectivity index (χ1n) is 6.56. The van der Waals surface area contributed by atoms with E-state index in [1.807, 2.05) is 19.2 Å². The maximum Gasteiger partial charge on any atom is 0.355 e. The smallest absolute Gasteiger partial charge is 0.355 e. The number of carbonyl (C=O) groups is 1. The molecule has 1 aliphatic rings. The van der Waals surface area contributed by atoms with E-state index in [0.29, 0.717) is 18.2 Å². The molecule has 1 aromatic rings. The van der Waals surface area contributed by atoms with E-state index in [4.69, 9.17) is 4.74 Å². The Balaban J connectivity index is 2.15. The Bertz CT molecular complexity index is 383. The molecule has 1 aliphatic carbocycles. The van der Waals surface area contributed by atoms with Gasteiger partial charge in [-0.3, -0.25) is 0 Å². The van der Waals surface area contributed by atoms with Crippen LogP contribution in [0.25, 0.3) is 0 Å². The molecule has 0 aliphatic heterocycles. The number of H-pyrrole nitrogens is 1. The number of ether oxygens (including phenoxy) is 1. The van der Waals surface area contributed by atoms with Crippen LogP contribution >= 0.6 is 0 Å². The third kappa shape index (κ3) is 2.71. The Morgan fingerprint density at radius 3 is 3.06 bits per heavy atom. The van der Waals surface area contributed by atoms with E-state index in [-0.39, 0.29) is 5.97 Å². The molecule has 0 saturated heterocycles. The molecule has 1 N–H and O–H groups in total. The van der Waals surface area contributed by atoms with Gasteiger partial charge in [0.1, 0.15) is 5.69 Å². The van der Waals surface area contributed by atoms with E-state index >= 15 is 0 Å². The number of rotatable bonds is 3. The van der Waals surface area contributed by atoms with Gasteiger partial charge in [-0.25, -0.2) is 4.79 Å². The molecule has 0 radical (unpaired) electrons. The third-order valence-electron chi connectivity index (χ3n) is 3.64. The normalized spacial score (nSPS) is 24.6. The van der Waals surface area contributed by atoms with Crippen LogP contribution in [0.15, 0.2) is 12.3 Å². The Morgan fingerprint density at radius 2 is 2.35 bits per heavy atom. The van der Waals surface area contributed by atoms with Crippen LogP contribution in [0.3, 0.4) is 0 Å². The number of aromatic nitrogens is 1. The molecular formula is C14H21NO2. The van der Waals surface area contributed by atoms with Crippen molar-refractivity contribution in [2.45, 2.75) is 45.4 Å². The fourth-order valence-corrected chi connectivity index (χ4v) is 2.82. The molecule has 3 heteroatoms. The molecule has 2 atom stereocenters. The van der Waals surface area contributed by atoms with Gasteiger partial charge in [0.2, 0.25) is 0 Å². The zero-order valence-electron chi connectivity index (χ0n) is 10.7. The molecule has 1 saturated carbocycles. The van der Waals surface area contributed by atoms with E-state index in [2.05, 4.69) is 11.9 Å². The number of carbonyl (C=O) groups excluding carboxylic acids is 1. The summed E-state index contributed by atoms with van der Waals surface area (Å²) < 4.78 is 5.07. The van der Waals surface area contributed by atoms with Crippen molar-refractivity contribution >= 4 is 5.97 Å². The minimum atomic E-state index is -0.217. The van der Waals surface area contributed by atoms with Crippen molar-refractivity contribution in [1.82, 2.24) is 4.98 Å². The van der Waals surface area contributed by atoms with Gasteiger partial charge >= 0.3 is 5.97 Å². The molecular weight excluding hydrogens is 214 g/mol. The summed E-state index contributed by atoms with van der Waals surface area (Å²) in [7, 11) is 0. The minimum absolute atomic E-state index is 0.217. The largest absolute Gasteiger partial charge is 0.461 e. The van der Waals surface area contributed by atoms with Crippen molar-refractivity contribution in [3.05, 3.63) is 23.5 Å². The van der Waals surface area contributed by atoms with Crippen molar-refractivity contribution in [2.24, 2.45) is 5.92 Å². The lowest BCUT2D eigenvalue weighted by atomic mass is 9.79. The predicted molar refractivity (Wildman–Crippen MR) is 67.1 cm³/mol. The Kier molecular flexibility index (Phi) is 3.87. The van der Waals surface area contributed by atoms with Gasteiger partial charge in [-0.05, 0) is 43.2 Å². The monoisotopic (exact) mass is 235 g/mol. The summed E-state index contributed by atoms with van der Waals surface area (Å²) >= 11 is 0. The third-order valence-corrected chi connectivity index (χ3v) is 3.64. The summed E-state index contributed by atoms with van der Waals surface area (Å²) in [5, 5.41) is 0. The van der Waals surface area contributed by atoms with E-state index in [9.17, 15) is 4.79 Å². The van der Waals surface area contributed by atoms with Crippen molar-refractivity contribution in [3.63, 3.8) is 0 Å². The lowest BCUT2D eigenvalue weighted by Crippen LogP contribution is -2.15. The molecule has 3 nitrogen and oxygen atoms in total. The van der Waals surface area contributed by atoms with Gasteiger partial charge in [-0.2, -0.15) is 0 Å². The Hall–Kier alpha value is -1.25. The number of esters is 1. The van der Waals surface area contributed by atoms with E-state index in [0.717, 1.165) is 11.5 Å². The van der Waals surface area contributed by atoms with Crippen LogP contribution in [0.4, 0.5) is 0 Å². The molecule has 2 unspecified atom stereocenters. The first-order chi connectivity index (χ1) is 8.22. The second-order valence-electron chi connectivity index (χ2n) is 5.00. The van der Waals surface area contributed by atoms with E-state index in [1.165, 1.54) is 25.7 Å². The number of hydrogen-bond donors (Lipinski definition) is 1. The highest BCUT2D eigenvalue weighted by atomic mass is 16.5. The lowest BCUT2D eigenvalue weighted by Gasteiger charge is -2.26. The topological polar surface area (TPSA) is 42.1 Å². The summed E-state index contributed by atoms with van der Waals surface area (Å²) in [6.45, 7) is 4.56. The summed E-state index contributed by atoms with van der Waals surface area (Å²) in [6, 6.07) is 2.04. The van der Waals surface area contributed by atoms with Gasteiger partial charge in [-0.15, -0.1) is 0 Å². The van der Waals surface area contributed by atoms with Gasteiger partial charge in [-0.1, -0.05) is 19.8 Å². The highest BCUT2D eigenvalue weighted by Crippen LogP contribution is 2.37. The van der Waals surface area contributed by atoms with Crippen molar-refractivity contribution < 1.29 is 9.53 Å². The second kappa shape index (κ2) is 5.39. The van der Waals surface area contributed by atoms with Gasteiger partial charge in [0.25, 0.3) is 0 Å². The molecule has 0 amide bonds. The molecule has 0 bridgehead atoms. The fourth-order valence-electron chi connectivity index (χ4n) is 2.82. The zero-order valence-corrected chi connectivity index (χ0v) is 10.7. The molecule has 94 valence electrons. The SMILES string of the molecule is CCOC(=O)c1[nH]ccc1C1CCCC(C)C1. The summed E-state index contributed by atoms with van der Waals surface area (Å²) in [5.41, 5.74) is 1.81. The van der Waals surface area contributed by atoms with Crippen molar-refractivity contribution in [2.75, 3.05) is 6.61 Å². The maximum atomic E-state index is 11.8. The van der Waals surface area contributed by atoms with Gasteiger partial charge in [0, 0.05) is 6.20 Å². The van der Waals surface area contributed by atoms with Gasteiger partial charge in [0.05, 0.1) is 6.61 Å². The maximum absolute atomic E-state index is 11.8. The molecule has 0 aromatic carbocycles. The lowest BCUT2D eigenvalue weighted by molar-refractivity contribution is 0.0518. The summed E-state index contributed by atoms with van der Waals surface area (Å²) in [6.07, 6.45) is 6.80. The van der Waals surface area contributed by atoms with Crippen molar-refractivity contribution in [1.29, 1.82) is 0 Å². The Labute approximate surface area is 103 Å². The van der Waals surface area contributed by atoms with Crippen LogP contribution in [0.5, 0.6) is 0 Å². The Morgan fingerprint density at radius 1 is 1.53 bits per heavy atom. The predicted octanol–water partition coefficient (Wildman–Crippen LogP) is 3.49. The average Bonchev–Trinajstić information content (AvgIpc) is 2.78. The highest BCUT2D eigenvalue weighted by molar-refractivity contribution is 5.89. The quantitative estimate of drug-likeness (QED) is 0.815. The summed E-state index contributed by atoms with van der Waals surface area (Å²) in [5.74, 6) is 1.06. The van der Waals surface area contributed by atoms with E-state index < -0.39 is 0 Å². The molecule has 0 spiro atoms. The van der Waals surface area contributed by atoms with Crippen LogP contribution in [-0.4, -0.2) is 17.6 Å². The van der Waals surface area contributed by atoms with Gasteiger partial charge < -0.3 is 9.72 Å². The number of nitrogens with one attached hydrogen (secondary N) is 1. The van der Waals surface area contributed by atoms with Crippen LogP contribution in [0.2, 0.25) is 0 Å². The average molecular weight is 235 g/mol. The number of hydrogen-bond acceptors (Lipinski definition) is 2. The van der Waals surface area contributed by atoms with Crippen LogP contribution in [0.1, 0.15) is 61.5 Å². The highest BCUT2D eigenvalue weighted by Gasteiger charge is 2.25. The molecule has 2 rings (SSSR count). The molecule has 1 aromatic heterocycles. The zero-order chi connectivity index (χ0) is 12.3. The fraction of sp³-hybridized carbons (Fsp3) is 0.643. The first kappa shape index (κ1) is 12.2. The molecule has 17 heavy (non-hydrogen) atoms. The first-order valence-corrected chi connectivity index (χ1v) is 6.56. The molecule has 1 heterocycles. The summed E-state index contributed by atoms with van der Waals surface area (Å²) in [4.78, 5) is 14.8. The van der Waals surface area contributed by atoms with Crippen molar-refractivity contribution in [3.8, 4) is 0 Å².